The predicted octanol–water partition coefficient (Wildman–Crippen LogP) is 4.15. The lowest BCUT2D eigenvalue weighted by Gasteiger charge is -2.59. The first kappa shape index (κ1) is 23.8. The Balaban J connectivity index is 1.25. The first-order chi connectivity index (χ1) is 16.1. The molecule has 0 bridgehead atoms. The predicted molar refractivity (Wildman–Crippen MR) is 128 cm³/mol. The number of hydrogen-bond acceptors (Lipinski definition) is 5. The lowest BCUT2D eigenvalue weighted by molar-refractivity contribution is -0.150. The molecule has 1 heterocycles. The van der Waals surface area contributed by atoms with Gasteiger partial charge in [0.25, 0.3) is 5.91 Å². The second kappa shape index (κ2) is 8.35. The fourth-order valence-corrected chi connectivity index (χ4v) is 8.46. The lowest BCUT2D eigenvalue weighted by Crippen LogP contribution is -2.53. The molecule has 34 heavy (non-hydrogen) atoms. The minimum Gasteiger partial charge on any atom is -0.480 e. The molecule has 7 nitrogen and oxygen atoms in total. The third kappa shape index (κ3) is 3.61. The average molecular weight is 473 g/mol. The van der Waals surface area contributed by atoms with Crippen LogP contribution >= 0.6 is 0 Å². The third-order valence-corrected chi connectivity index (χ3v) is 10.8. The Labute approximate surface area is 202 Å². The van der Waals surface area contributed by atoms with Gasteiger partial charge < -0.3 is 20.0 Å². The summed E-state index contributed by atoms with van der Waals surface area (Å²) in [4.78, 5) is 30.6. The molecule has 1 saturated heterocycles. The highest BCUT2D eigenvalue weighted by Gasteiger charge is 2.62. The van der Waals surface area contributed by atoms with E-state index in [-0.39, 0.29) is 23.3 Å². The molecule has 7 atom stereocenters. The van der Waals surface area contributed by atoms with E-state index in [1.54, 1.807) is 0 Å². The first-order valence-corrected chi connectivity index (χ1v) is 13.2. The number of aliphatic carboxylic acids is 1. The summed E-state index contributed by atoms with van der Waals surface area (Å²) in [6, 6.07) is -0.739. The number of carbonyl (C=O) groups is 2. The molecule has 0 radical (unpaired) electrons. The van der Waals surface area contributed by atoms with Crippen molar-refractivity contribution in [2.24, 2.45) is 33.7 Å². The number of amides is 1. The molecule has 1 aliphatic heterocycles. The van der Waals surface area contributed by atoms with E-state index in [4.69, 9.17) is 4.84 Å². The van der Waals surface area contributed by atoms with Crippen LogP contribution in [0.2, 0.25) is 0 Å². The van der Waals surface area contributed by atoms with Crippen molar-refractivity contribution in [3.8, 4) is 0 Å². The van der Waals surface area contributed by atoms with Crippen LogP contribution in [0.1, 0.15) is 85.0 Å². The molecule has 188 valence electrons. The van der Waals surface area contributed by atoms with Gasteiger partial charge in [-0.25, -0.2) is 4.79 Å². The van der Waals surface area contributed by atoms with E-state index in [0.717, 1.165) is 44.2 Å². The van der Waals surface area contributed by atoms with Gasteiger partial charge in [0, 0.05) is 6.54 Å². The molecular formula is C27H40N2O5. The lowest BCUT2D eigenvalue weighted by atomic mass is 9.46. The largest absolute Gasteiger partial charge is 0.480 e. The maximum absolute atomic E-state index is 12.4. The molecule has 0 unspecified atom stereocenters. The van der Waals surface area contributed by atoms with E-state index in [0.29, 0.717) is 37.1 Å². The summed E-state index contributed by atoms with van der Waals surface area (Å²) >= 11 is 0. The average Bonchev–Trinajstić information content (AvgIpc) is 3.37. The number of fused-ring (bicyclic) bond motifs is 5. The Kier molecular flexibility index (Phi) is 5.85. The molecule has 7 heteroatoms. The monoisotopic (exact) mass is 472 g/mol. The van der Waals surface area contributed by atoms with Gasteiger partial charge in [0.2, 0.25) is 0 Å². The summed E-state index contributed by atoms with van der Waals surface area (Å²) < 4.78 is 0. The van der Waals surface area contributed by atoms with E-state index >= 15 is 0 Å². The van der Waals surface area contributed by atoms with Crippen LogP contribution in [-0.2, 0) is 14.4 Å². The third-order valence-electron chi connectivity index (χ3n) is 10.8. The van der Waals surface area contributed by atoms with Gasteiger partial charge >= 0.3 is 5.97 Å². The van der Waals surface area contributed by atoms with Crippen molar-refractivity contribution in [2.75, 3.05) is 13.2 Å². The number of carboxylic acid groups (broad SMARTS) is 1. The Hall–Kier alpha value is -1.89. The molecule has 5 aliphatic rings. The molecule has 3 saturated carbocycles. The van der Waals surface area contributed by atoms with Gasteiger partial charge in [0.15, 0.2) is 6.61 Å². The smallest absolute Gasteiger partial charge is 0.326 e. The van der Waals surface area contributed by atoms with Crippen molar-refractivity contribution in [1.29, 1.82) is 0 Å². The van der Waals surface area contributed by atoms with E-state index in [2.05, 4.69) is 32.0 Å². The number of allylic oxidation sites excluding steroid dienone is 2. The van der Waals surface area contributed by atoms with Crippen LogP contribution in [0, 0.1) is 28.6 Å². The van der Waals surface area contributed by atoms with Crippen molar-refractivity contribution in [3.63, 3.8) is 0 Å². The van der Waals surface area contributed by atoms with Crippen molar-refractivity contribution in [3.05, 3.63) is 11.6 Å². The fraction of sp³-hybridized carbons (Fsp3) is 0.815. The quantitative estimate of drug-likeness (QED) is 0.599. The van der Waals surface area contributed by atoms with Gasteiger partial charge in [-0.3, -0.25) is 4.79 Å². The van der Waals surface area contributed by atoms with Crippen LogP contribution in [0.3, 0.4) is 0 Å². The van der Waals surface area contributed by atoms with Gasteiger partial charge in [0.05, 0.1) is 11.3 Å². The fourth-order valence-electron chi connectivity index (χ4n) is 8.46. The number of carbonyl (C=O) groups excluding carboxylic acids is 1. The number of carboxylic acids is 1. The van der Waals surface area contributed by atoms with Gasteiger partial charge in [-0.1, -0.05) is 24.6 Å². The summed E-state index contributed by atoms with van der Waals surface area (Å²) in [5.41, 5.74) is 2.03. The zero-order valence-corrected chi connectivity index (χ0v) is 20.9. The van der Waals surface area contributed by atoms with E-state index in [1.165, 1.54) is 23.3 Å². The number of oxime groups is 1. The van der Waals surface area contributed by atoms with Crippen LogP contribution in [0.15, 0.2) is 16.8 Å². The molecule has 1 amide bonds. The Morgan fingerprint density at radius 2 is 1.85 bits per heavy atom. The molecule has 0 aromatic carbocycles. The number of hydrogen-bond donors (Lipinski definition) is 2. The van der Waals surface area contributed by atoms with Crippen LogP contribution < -0.4 is 0 Å². The summed E-state index contributed by atoms with van der Waals surface area (Å²) in [5, 5.41) is 24.7. The number of aliphatic hydroxyl groups is 1. The van der Waals surface area contributed by atoms with Crippen molar-refractivity contribution in [1.82, 2.24) is 4.90 Å². The van der Waals surface area contributed by atoms with Crippen LogP contribution in [0.5, 0.6) is 0 Å². The molecule has 4 fully saturated rings. The highest BCUT2D eigenvalue weighted by Crippen LogP contribution is 2.67. The highest BCUT2D eigenvalue weighted by atomic mass is 16.6. The topological polar surface area (TPSA) is 99.4 Å². The summed E-state index contributed by atoms with van der Waals surface area (Å²) in [6.07, 6.45) is 11.9. The summed E-state index contributed by atoms with van der Waals surface area (Å²) in [7, 11) is 0. The SMILES string of the molecule is C[C@]12CC/C(=N\OCC(=O)N3CCC[C@@H]3C(=O)O)C=C1CC[C@@H]1[C@@H]2CC[C@@]2(C)[C@H]1CC[C@]2(C)O. The molecule has 2 N–H and O–H groups in total. The zero-order valence-electron chi connectivity index (χ0n) is 20.9. The zero-order chi connectivity index (χ0) is 24.3. The molecule has 0 aromatic rings. The second-order valence-electron chi connectivity index (χ2n) is 12.2. The van der Waals surface area contributed by atoms with Crippen LogP contribution in [-0.4, -0.2) is 57.5 Å². The Morgan fingerprint density at radius 3 is 2.62 bits per heavy atom. The summed E-state index contributed by atoms with van der Waals surface area (Å²) in [5.74, 6) is 0.704. The second-order valence-corrected chi connectivity index (χ2v) is 12.2. The van der Waals surface area contributed by atoms with Crippen molar-refractivity contribution < 1.29 is 24.6 Å². The maximum Gasteiger partial charge on any atom is 0.326 e. The standard InChI is InChI=1S/C27H40N2O5/c1-25-11-8-18(28-34-16-23(30)29-14-4-5-22(29)24(31)32)15-17(25)6-7-19-20(25)9-12-26(2)21(19)10-13-27(26,3)33/h15,19-22,33H,4-14,16H2,1-3H3,(H,31,32)/b28-18+/t19-,20+,21+,22-,25+,26+,27+/m1/s1. The summed E-state index contributed by atoms with van der Waals surface area (Å²) in [6.45, 7) is 7.09. The molecule has 4 aliphatic carbocycles. The van der Waals surface area contributed by atoms with Crippen LogP contribution in [0.25, 0.3) is 0 Å². The minimum atomic E-state index is -0.951. The molecule has 5 rings (SSSR count). The van der Waals surface area contributed by atoms with E-state index in [9.17, 15) is 19.8 Å². The maximum atomic E-state index is 12.4. The van der Waals surface area contributed by atoms with Gasteiger partial charge in [-0.05, 0) is 106 Å². The number of nitrogens with zero attached hydrogens (tertiary/aromatic N) is 2. The molecule has 0 aromatic heterocycles. The van der Waals surface area contributed by atoms with Crippen molar-refractivity contribution >= 4 is 17.6 Å². The molecular weight excluding hydrogens is 432 g/mol. The Bertz CT molecular complexity index is 926. The minimum absolute atomic E-state index is 0.0440. The van der Waals surface area contributed by atoms with E-state index < -0.39 is 17.6 Å². The number of likely N-dealkylation sites (tertiary alicyclic amines) is 1. The molecule has 0 spiro atoms. The van der Waals surface area contributed by atoms with E-state index in [1.807, 2.05) is 0 Å². The number of rotatable bonds is 4. The van der Waals surface area contributed by atoms with Crippen molar-refractivity contribution in [2.45, 2.75) is 96.6 Å². The van der Waals surface area contributed by atoms with Gasteiger partial charge in [-0.15, -0.1) is 0 Å². The normalized spacial score (nSPS) is 44.8. The Morgan fingerprint density at radius 1 is 1.09 bits per heavy atom. The van der Waals surface area contributed by atoms with Crippen LogP contribution in [0.4, 0.5) is 0 Å². The first-order valence-electron chi connectivity index (χ1n) is 13.2. The highest BCUT2D eigenvalue weighted by molar-refractivity contribution is 5.96. The van der Waals surface area contributed by atoms with Gasteiger partial charge in [-0.2, -0.15) is 0 Å². The van der Waals surface area contributed by atoms with Gasteiger partial charge in [0.1, 0.15) is 6.04 Å².